The number of hydrogen-bond donors (Lipinski definition) is 2. The maximum absolute atomic E-state index is 13.1. The molecule has 0 saturated carbocycles. The number of carbonyl (C=O) groups is 2. The van der Waals surface area contributed by atoms with Crippen molar-refractivity contribution < 1.29 is 9.59 Å². The Balaban J connectivity index is 1.71. The second kappa shape index (κ2) is 8.20. The van der Waals surface area contributed by atoms with Gasteiger partial charge in [-0.2, -0.15) is 5.10 Å². The van der Waals surface area contributed by atoms with Crippen LogP contribution in [0, 0.1) is 20.8 Å². The van der Waals surface area contributed by atoms with Crippen LogP contribution in [0.5, 0.6) is 0 Å². The molecule has 0 aliphatic rings. The first kappa shape index (κ1) is 20.6. The van der Waals surface area contributed by atoms with Crippen LogP contribution in [0.15, 0.2) is 60.8 Å². The number of aryl methyl sites for hydroxylation is 2. The average molecular weight is 431 g/mol. The number of nitrogens with zero attached hydrogens (tertiary/aromatic N) is 2. The van der Waals surface area contributed by atoms with Gasteiger partial charge in [-0.3, -0.25) is 9.59 Å². The van der Waals surface area contributed by atoms with Gasteiger partial charge in [0.15, 0.2) is 0 Å². The fourth-order valence-electron chi connectivity index (χ4n) is 3.67. The Kier molecular flexibility index (Phi) is 5.44. The molecule has 6 nitrogen and oxygen atoms in total. The quantitative estimate of drug-likeness (QED) is 0.473. The van der Waals surface area contributed by atoms with Crippen LogP contribution in [-0.4, -0.2) is 21.6 Å². The van der Waals surface area contributed by atoms with Gasteiger partial charge in [0.25, 0.3) is 11.8 Å². The third kappa shape index (κ3) is 3.75. The van der Waals surface area contributed by atoms with Crippen LogP contribution in [0.1, 0.15) is 36.9 Å². The van der Waals surface area contributed by atoms with Crippen molar-refractivity contribution in [3.05, 3.63) is 88.1 Å². The number of aromatic nitrogens is 2. The maximum Gasteiger partial charge on any atom is 0.259 e. The first-order valence-corrected chi connectivity index (χ1v) is 10.6. The number of thiophene rings is 1. The number of benzene rings is 2. The van der Waals surface area contributed by atoms with Crippen LogP contribution in [0.2, 0.25) is 0 Å². The molecule has 3 N–H and O–H groups in total. The maximum atomic E-state index is 13.1. The fraction of sp³-hybridized carbons (Fsp3) is 0.125. The summed E-state index contributed by atoms with van der Waals surface area (Å²) in [5, 5.41) is 7.73. The number of anilines is 1. The van der Waals surface area contributed by atoms with Gasteiger partial charge in [-0.25, -0.2) is 4.68 Å². The number of amides is 2. The largest absolute Gasteiger partial charge is 0.365 e. The highest BCUT2D eigenvalue weighted by Crippen LogP contribution is 2.39. The van der Waals surface area contributed by atoms with Gasteiger partial charge in [0.2, 0.25) is 0 Å². The average Bonchev–Trinajstić information content (AvgIpc) is 3.28. The zero-order valence-corrected chi connectivity index (χ0v) is 18.3. The van der Waals surface area contributed by atoms with Crippen LogP contribution >= 0.6 is 11.3 Å². The molecule has 0 atom stereocenters. The normalized spacial score (nSPS) is 10.8. The summed E-state index contributed by atoms with van der Waals surface area (Å²) < 4.78 is 1.74. The molecule has 2 aromatic heterocycles. The number of rotatable bonds is 5. The smallest absolute Gasteiger partial charge is 0.259 e. The van der Waals surface area contributed by atoms with Crippen molar-refractivity contribution in [3.63, 3.8) is 0 Å². The SMILES string of the molecule is Cc1ccccc1-n1ncc(C(=O)Nc2sc(C)c(-c3ccccc3)c2C(N)=O)c1C. The first-order chi connectivity index (χ1) is 14.9. The van der Waals surface area contributed by atoms with Crippen LogP contribution in [0.4, 0.5) is 5.00 Å². The Morgan fingerprint density at radius 3 is 2.35 bits per heavy atom. The van der Waals surface area contributed by atoms with Gasteiger partial charge in [0.1, 0.15) is 5.00 Å². The van der Waals surface area contributed by atoms with Crippen molar-refractivity contribution in [1.82, 2.24) is 9.78 Å². The van der Waals surface area contributed by atoms with Gasteiger partial charge in [-0.15, -0.1) is 11.3 Å². The zero-order chi connectivity index (χ0) is 22.1. The summed E-state index contributed by atoms with van der Waals surface area (Å²) in [6.45, 7) is 5.75. The molecule has 2 heterocycles. The number of para-hydroxylation sites is 1. The summed E-state index contributed by atoms with van der Waals surface area (Å²) >= 11 is 1.34. The monoisotopic (exact) mass is 430 g/mol. The lowest BCUT2D eigenvalue weighted by molar-refractivity contribution is 0.100. The Labute approximate surface area is 184 Å². The number of carbonyl (C=O) groups excluding carboxylic acids is 2. The number of hydrogen-bond acceptors (Lipinski definition) is 4. The highest BCUT2D eigenvalue weighted by molar-refractivity contribution is 7.17. The van der Waals surface area contributed by atoms with Crippen molar-refractivity contribution in [3.8, 4) is 16.8 Å². The first-order valence-electron chi connectivity index (χ1n) is 9.79. The molecular weight excluding hydrogens is 408 g/mol. The van der Waals surface area contributed by atoms with Crippen molar-refractivity contribution in [2.24, 2.45) is 5.73 Å². The molecule has 2 aromatic carbocycles. The van der Waals surface area contributed by atoms with Gasteiger partial charge in [-0.1, -0.05) is 48.5 Å². The fourth-order valence-corrected chi connectivity index (χ4v) is 4.74. The van der Waals surface area contributed by atoms with E-state index in [-0.39, 0.29) is 5.91 Å². The lowest BCUT2D eigenvalue weighted by Gasteiger charge is -2.09. The van der Waals surface area contributed by atoms with Crippen LogP contribution in [0.25, 0.3) is 16.8 Å². The van der Waals surface area contributed by atoms with E-state index >= 15 is 0 Å². The van der Waals surface area contributed by atoms with E-state index in [4.69, 9.17) is 5.73 Å². The van der Waals surface area contributed by atoms with Gasteiger partial charge < -0.3 is 11.1 Å². The highest BCUT2D eigenvalue weighted by atomic mass is 32.1. The van der Waals surface area contributed by atoms with Crippen molar-refractivity contribution >= 4 is 28.2 Å². The topological polar surface area (TPSA) is 90.0 Å². The second-order valence-electron chi connectivity index (χ2n) is 7.26. The summed E-state index contributed by atoms with van der Waals surface area (Å²) in [7, 11) is 0. The van der Waals surface area contributed by atoms with Gasteiger partial charge in [-0.05, 0) is 38.0 Å². The predicted octanol–water partition coefficient (Wildman–Crippen LogP) is 4.88. The second-order valence-corrected chi connectivity index (χ2v) is 8.49. The van der Waals surface area contributed by atoms with Crippen LogP contribution < -0.4 is 11.1 Å². The summed E-state index contributed by atoms with van der Waals surface area (Å²) in [4.78, 5) is 26.3. The highest BCUT2D eigenvalue weighted by Gasteiger charge is 2.24. The van der Waals surface area contributed by atoms with E-state index in [9.17, 15) is 9.59 Å². The molecule has 0 unspecified atom stereocenters. The number of nitrogens with one attached hydrogen (secondary N) is 1. The molecule has 7 heteroatoms. The Morgan fingerprint density at radius 2 is 1.68 bits per heavy atom. The Hall–Kier alpha value is -3.71. The summed E-state index contributed by atoms with van der Waals surface area (Å²) in [6, 6.07) is 17.4. The number of nitrogens with two attached hydrogens (primary N) is 1. The molecule has 4 aromatic rings. The van der Waals surface area contributed by atoms with E-state index in [1.165, 1.54) is 11.3 Å². The summed E-state index contributed by atoms with van der Waals surface area (Å²) in [6.07, 6.45) is 1.54. The van der Waals surface area contributed by atoms with E-state index in [1.807, 2.05) is 75.4 Å². The third-order valence-corrected chi connectivity index (χ3v) is 6.24. The van der Waals surface area contributed by atoms with Gasteiger partial charge in [0.05, 0.1) is 28.7 Å². The summed E-state index contributed by atoms with van der Waals surface area (Å²) in [5.74, 6) is -0.911. The molecule has 0 aliphatic carbocycles. The molecule has 0 aliphatic heterocycles. The lowest BCUT2D eigenvalue weighted by atomic mass is 10.0. The van der Waals surface area contributed by atoms with E-state index < -0.39 is 5.91 Å². The lowest BCUT2D eigenvalue weighted by Crippen LogP contribution is -2.18. The van der Waals surface area contributed by atoms with Gasteiger partial charge >= 0.3 is 0 Å². The standard InChI is InChI=1S/C24H22N4O2S/c1-14-9-7-8-12-19(14)28-15(2)18(13-26-28)23(30)27-24-21(22(25)29)20(16(3)31-24)17-10-5-4-6-11-17/h4-13H,1-3H3,(H2,25,29)(H,27,30). The molecular formula is C24H22N4O2S. The molecule has 4 rings (SSSR count). The van der Waals surface area contributed by atoms with Crippen molar-refractivity contribution in [2.75, 3.05) is 5.32 Å². The third-order valence-electron chi connectivity index (χ3n) is 5.22. The van der Waals surface area contributed by atoms with E-state index in [0.717, 1.165) is 27.3 Å². The molecule has 31 heavy (non-hydrogen) atoms. The van der Waals surface area contributed by atoms with E-state index in [0.29, 0.717) is 21.8 Å². The number of primary amides is 1. The predicted molar refractivity (Wildman–Crippen MR) is 124 cm³/mol. The minimum atomic E-state index is -0.578. The van der Waals surface area contributed by atoms with Gasteiger partial charge in [0, 0.05) is 10.4 Å². The van der Waals surface area contributed by atoms with E-state index in [2.05, 4.69) is 10.4 Å². The molecule has 0 saturated heterocycles. The zero-order valence-electron chi connectivity index (χ0n) is 17.5. The molecule has 156 valence electrons. The van der Waals surface area contributed by atoms with Crippen molar-refractivity contribution in [1.29, 1.82) is 0 Å². The molecule has 0 radical (unpaired) electrons. The Morgan fingerprint density at radius 1 is 1.00 bits per heavy atom. The van der Waals surface area contributed by atoms with Crippen LogP contribution in [0.3, 0.4) is 0 Å². The van der Waals surface area contributed by atoms with Crippen LogP contribution in [-0.2, 0) is 0 Å². The molecule has 2 amide bonds. The summed E-state index contributed by atoms with van der Waals surface area (Å²) in [5.41, 5.74) is 10.8. The van der Waals surface area contributed by atoms with Crippen molar-refractivity contribution in [2.45, 2.75) is 20.8 Å². The minimum Gasteiger partial charge on any atom is -0.365 e. The van der Waals surface area contributed by atoms with E-state index in [1.54, 1.807) is 10.9 Å². The minimum absolute atomic E-state index is 0.325. The molecule has 0 bridgehead atoms. The molecule has 0 fully saturated rings. The Bertz CT molecular complexity index is 1290. The molecule has 0 spiro atoms.